The second kappa shape index (κ2) is 6.35. The van der Waals surface area contributed by atoms with Crippen molar-refractivity contribution in [3.05, 3.63) is 0 Å². The molecule has 2 fully saturated rings. The molecule has 2 N–H and O–H groups in total. The fraction of sp³-hybridized carbons (Fsp3) is 1.00. The molecule has 0 spiro atoms. The van der Waals surface area contributed by atoms with Crippen LogP contribution in [0.2, 0.25) is 0 Å². The van der Waals surface area contributed by atoms with E-state index in [2.05, 4.69) is 17.6 Å². The summed E-state index contributed by atoms with van der Waals surface area (Å²) in [7, 11) is -2.73. The van der Waals surface area contributed by atoms with E-state index >= 15 is 0 Å². The molecule has 2 aliphatic heterocycles. The van der Waals surface area contributed by atoms with Crippen LogP contribution in [0.5, 0.6) is 0 Å². The van der Waals surface area contributed by atoms with Crippen LogP contribution < -0.4 is 10.6 Å². The van der Waals surface area contributed by atoms with E-state index in [0.29, 0.717) is 29.6 Å². The SMILES string of the molecule is CC(CC1CCCCN1)NC1CCS(=O)(=O)CC1. The van der Waals surface area contributed by atoms with Crippen molar-refractivity contribution in [2.45, 2.75) is 63.6 Å². The van der Waals surface area contributed by atoms with Crippen molar-refractivity contribution in [2.75, 3.05) is 18.1 Å². The average molecular weight is 274 g/mol. The molecular weight excluding hydrogens is 248 g/mol. The Morgan fingerprint density at radius 3 is 2.56 bits per heavy atom. The minimum absolute atomic E-state index is 0.360. The van der Waals surface area contributed by atoms with Crippen LogP contribution in [0.15, 0.2) is 0 Å². The Morgan fingerprint density at radius 2 is 1.94 bits per heavy atom. The summed E-state index contributed by atoms with van der Waals surface area (Å²) in [5.74, 6) is 0.720. The quantitative estimate of drug-likeness (QED) is 0.805. The second-order valence-electron chi connectivity index (χ2n) is 5.88. The fourth-order valence-corrected chi connectivity index (χ4v) is 4.57. The highest BCUT2D eigenvalue weighted by Crippen LogP contribution is 2.16. The molecular formula is C13H26N2O2S. The smallest absolute Gasteiger partial charge is 0.150 e. The lowest BCUT2D eigenvalue weighted by Gasteiger charge is -2.30. The minimum atomic E-state index is -2.73. The van der Waals surface area contributed by atoms with Crippen molar-refractivity contribution in [1.82, 2.24) is 10.6 Å². The van der Waals surface area contributed by atoms with E-state index in [9.17, 15) is 8.42 Å². The molecule has 0 aromatic rings. The predicted octanol–water partition coefficient (Wildman–Crippen LogP) is 1.07. The van der Waals surface area contributed by atoms with Gasteiger partial charge >= 0.3 is 0 Å². The molecule has 4 nitrogen and oxygen atoms in total. The fourth-order valence-electron chi connectivity index (χ4n) is 3.08. The topological polar surface area (TPSA) is 58.2 Å². The van der Waals surface area contributed by atoms with Crippen molar-refractivity contribution in [2.24, 2.45) is 0 Å². The Kier molecular flexibility index (Phi) is 5.04. The lowest BCUT2D eigenvalue weighted by molar-refractivity contribution is 0.322. The van der Waals surface area contributed by atoms with Crippen LogP contribution in [0.3, 0.4) is 0 Å². The molecule has 0 aliphatic carbocycles. The van der Waals surface area contributed by atoms with Gasteiger partial charge in [-0.05, 0) is 45.6 Å². The van der Waals surface area contributed by atoms with Crippen LogP contribution in [0.25, 0.3) is 0 Å². The van der Waals surface area contributed by atoms with Gasteiger partial charge in [0.25, 0.3) is 0 Å². The first-order valence-electron chi connectivity index (χ1n) is 7.25. The highest BCUT2D eigenvalue weighted by atomic mass is 32.2. The van der Waals surface area contributed by atoms with Crippen LogP contribution >= 0.6 is 0 Å². The van der Waals surface area contributed by atoms with Crippen molar-refractivity contribution in [1.29, 1.82) is 0 Å². The van der Waals surface area contributed by atoms with Crippen LogP contribution in [0.4, 0.5) is 0 Å². The highest BCUT2D eigenvalue weighted by Gasteiger charge is 2.25. The lowest BCUT2D eigenvalue weighted by Crippen LogP contribution is -2.45. The monoisotopic (exact) mass is 274 g/mol. The number of rotatable bonds is 4. The number of sulfone groups is 1. The maximum Gasteiger partial charge on any atom is 0.150 e. The van der Waals surface area contributed by atoms with Gasteiger partial charge in [0.2, 0.25) is 0 Å². The van der Waals surface area contributed by atoms with Gasteiger partial charge in [-0.3, -0.25) is 0 Å². The third kappa shape index (κ3) is 4.52. The first kappa shape index (κ1) is 14.3. The molecule has 0 aromatic heterocycles. The summed E-state index contributed by atoms with van der Waals surface area (Å²) >= 11 is 0. The van der Waals surface area contributed by atoms with E-state index in [1.165, 1.54) is 19.3 Å². The summed E-state index contributed by atoms with van der Waals surface area (Å²) in [5, 5.41) is 7.16. The third-order valence-electron chi connectivity index (χ3n) is 4.13. The van der Waals surface area contributed by atoms with Gasteiger partial charge in [-0.25, -0.2) is 8.42 Å². The van der Waals surface area contributed by atoms with Crippen molar-refractivity contribution < 1.29 is 8.42 Å². The highest BCUT2D eigenvalue weighted by molar-refractivity contribution is 7.91. The largest absolute Gasteiger partial charge is 0.314 e. The molecule has 106 valence electrons. The molecule has 0 radical (unpaired) electrons. The summed E-state index contributed by atoms with van der Waals surface area (Å²) in [6.45, 7) is 3.37. The van der Waals surface area contributed by atoms with Crippen molar-refractivity contribution in [3.8, 4) is 0 Å². The number of hydrogen-bond acceptors (Lipinski definition) is 4. The van der Waals surface area contributed by atoms with Gasteiger partial charge in [0.15, 0.2) is 0 Å². The lowest BCUT2D eigenvalue weighted by atomic mass is 9.98. The van der Waals surface area contributed by atoms with E-state index in [0.717, 1.165) is 25.8 Å². The van der Waals surface area contributed by atoms with Gasteiger partial charge in [0.1, 0.15) is 9.84 Å². The molecule has 2 unspecified atom stereocenters. The number of hydrogen-bond donors (Lipinski definition) is 2. The zero-order valence-corrected chi connectivity index (χ0v) is 12.1. The zero-order chi connectivity index (χ0) is 13.0. The Balaban J connectivity index is 1.69. The zero-order valence-electron chi connectivity index (χ0n) is 11.3. The van der Waals surface area contributed by atoms with Crippen LogP contribution in [0, 0.1) is 0 Å². The van der Waals surface area contributed by atoms with Gasteiger partial charge < -0.3 is 10.6 Å². The minimum Gasteiger partial charge on any atom is -0.314 e. The summed E-state index contributed by atoms with van der Waals surface area (Å²) in [6.07, 6.45) is 6.65. The molecule has 2 rings (SSSR count). The van der Waals surface area contributed by atoms with Gasteiger partial charge in [0, 0.05) is 18.1 Å². The Morgan fingerprint density at radius 1 is 1.22 bits per heavy atom. The molecule has 18 heavy (non-hydrogen) atoms. The van der Waals surface area contributed by atoms with E-state index in [1.54, 1.807) is 0 Å². The number of piperidine rings is 1. The van der Waals surface area contributed by atoms with E-state index < -0.39 is 9.84 Å². The Bertz CT molecular complexity index is 336. The standard InChI is InChI=1S/C13H26N2O2S/c1-11(10-13-4-2-3-7-14-13)15-12-5-8-18(16,17)9-6-12/h11-15H,2-10H2,1H3. The second-order valence-corrected chi connectivity index (χ2v) is 8.18. The first-order chi connectivity index (χ1) is 8.55. The summed E-state index contributed by atoms with van der Waals surface area (Å²) < 4.78 is 22.7. The van der Waals surface area contributed by atoms with Crippen molar-refractivity contribution >= 4 is 9.84 Å². The van der Waals surface area contributed by atoms with E-state index in [4.69, 9.17) is 0 Å². The van der Waals surface area contributed by atoms with Crippen LogP contribution in [-0.2, 0) is 9.84 Å². The van der Waals surface area contributed by atoms with Crippen LogP contribution in [0.1, 0.15) is 45.4 Å². The van der Waals surface area contributed by atoms with Gasteiger partial charge in [-0.1, -0.05) is 6.42 Å². The normalized spacial score (nSPS) is 31.1. The molecule has 0 saturated carbocycles. The molecule has 0 aromatic carbocycles. The Labute approximate surface area is 111 Å². The van der Waals surface area contributed by atoms with Crippen LogP contribution in [-0.4, -0.2) is 44.6 Å². The molecule has 2 saturated heterocycles. The van der Waals surface area contributed by atoms with E-state index in [1.807, 2.05) is 0 Å². The maximum atomic E-state index is 11.4. The Hall–Kier alpha value is -0.130. The van der Waals surface area contributed by atoms with Gasteiger partial charge in [-0.2, -0.15) is 0 Å². The predicted molar refractivity (Wildman–Crippen MR) is 74.5 cm³/mol. The molecule has 0 amide bonds. The maximum absolute atomic E-state index is 11.4. The molecule has 2 heterocycles. The summed E-state index contributed by atoms with van der Waals surface area (Å²) in [6, 6.07) is 1.52. The van der Waals surface area contributed by atoms with Gasteiger partial charge in [-0.15, -0.1) is 0 Å². The molecule has 2 aliphatic rings. The van der Waals surface area contributed by atoms with Crippen molar-refractivity contribution in [3.63, 3.8) is 0 Å². The first-order valence-corrected chi connectivity index (χ1v) is 9.07. The molecule has 0 bridgehead atoms. The molecule has 5 heteroatoms. The average Bonchev–Trinajstić information content (AvgIpc) is 2.33. The van der Waals surface area contributed by atoms with Gasteiger partial charge in [0.05, 0.1) is 11.5 Å². The third-order valence-corrected chi connectivity index (χ3v) is 5.84. The van der Waals surface area contributed by atoms with E-state index in [-0.39, 0.29) is 0 Å². The summed E-state index contributed by atoms with van der Waals surface area (Å²) in [5.41, 5.74) is 0. The number of nitrogens with one attached hydrogen (secondary N) is 2. The molecule has 2 atom stereocenters. The summed E-state index contributed by atoms with van der Waals surface area (Å²) in [4.78, 5) is 0.